The van der Waals surface area contributed by atoms with E-state index in [0.29, 0.717) is 13.0 Å². The molecule has 0 aromatic rings. The fourth-order valence-electron chi connectivity index (χ4n) is 2.52. The van der Waals surface area contributed by atoms with Crippen molar-refractivity contribution in [3.05, 3.63) is 0 Å². The van der Waals surface area contributed by atoms with Crippen molar-refractivity contribution < 1.29 is 9.53 Å². The Bertz CT molecular complexity index is 390. The van der Waals surface area contributed by atoms with Gasteiger partial charge in [0.05, 0.1) is 12.6 Å². The van der Waals surface area contributed by atoms with Gasteiger partial charge in [-0.05, 0) is 18.8 Å². The molecular formula is C16H32N4O2. The van der Waals surface area contributed by atoms with E-state index in [0.717, 1.165) is 25.5 Å². The number of methoxy groups -OCH3 is 1. The van der Waals surface area contributed by atoms with Crippen molar-refractivity contribution in [2.45, 2.75) is 52.7 Å². The van der Waals surface area contributed by atoms with Crippen molar-refractivity contribution in [3.63, 3.8) is 0 Å². The Morgan fingerprint density at radius 1 is 1.50 bits per heavy atom. The Labute approximate surface area is 134 Å². The average molecular weight is 312 g/mol. The van der Waals surface area contributed by atoms with Gasteiger partial charge in [-0.3, -0.25) is 9.79 Å². The minimum Gasteiger partial charge on any atom is -0.379 e. The summed E-state index contributed by atoms with van der Waals surface area (Å²) in [5, 5.41) is 6.69. The third-order valence-electron chi connectivity index (χ3n) is 3.98. The lowest BCUT2D eigenvalue weighted by Gasteiger charge is -2.32. The molecule has 0 radical (unpaired) electrons. The van der Waals surface area contributed by atoms with Crippen LogP contribution in [0.3, 0.4) is 0 Å². The second kappa shape index (κ2) is 8.36. The molecule has 1 fully saturated rings. The summed E-state index contributed by atoms with van der Waals surface area (Å²) in [4.78, 5) is 18.0. The average Bonchev–Trinajstić information content (AvgIpc) is 2.42. The van der Waals surface area contributed by atoms with E-state index in [1.165, 1.54) is 0 Å². The number of amides is 1. The van der Waals surface area contributed by atoms with Crippen molar-refractivity contribution in [2.24, 2.45) is 10.4 Å². The highest BCUT2D eigenvalue weighted by Gasteiger charge is 2.25. The fraction of sp³-hybridized carbons (Fsp3) is 0.875. The van der Waals surface area contributed by atoms with Gasteiger partial charge in [0.2, 0.25) is 5.91 Å². The highest BCUT2D eigenvalue weighted by molar-refractivity contribution is 5.81. The van der Waals surface area contributed by atoms with Gasteiger partial charge in [0, 0.05) is 39.7 Å². The van der Waals surface area contributed by atoms with Gasteiger partial charge in [0.15, 0.2) is 5.96 Å². The minimum atomic E-state index is 0.0487. The number of likely N-dealkylation sites (N-methyl/N-ethyl adjacent to an activating group) is 1. The van der Waals surface area contributed by atoms with E-state index in [-0.39, 0.29) is 23.5 Å². The van der Waals surface area contributed by atoms with E-state index < -0.39 is 0 Å². The molecule has 0 aliphatic carbocycles. The van der Waals surface area contributed by atoms with Gasteiger partial charge < -0.3 is 20.3 Å². The van der Waals surface area contributed by atoms with Crippen molar-refractivity contribution >= 4 is 11.9 Å². The van der Waals surface area contributed by atoms with Crippen LogP contribution in [-0.2, 0) is 9.53 Å². The van der Waals surface area contributed by atoms with E-state index >= 15 is 0 Å². The van der Waals surface area contributed by atoms with Crippen LogP contribution in [0.4, 0.5) is 0 Å². The van der Waals surface area contributed by atoms with Crippen LogP contribution in [0.15, 0.2) is 4.99 Å². The van der Waals surface area contributed by atoms with Gasteiger partial charge in [-0.1, -0.05) is 20.8 Å². The first-order valence-electron chi connectivity index (χ1n) is 8.09. The zero-order valence-corrected chi connectivity index (χ0v) is 14.9. The summed E-state index contributed by atoms with van der Waals surface area (Å²) in [7, 11) is 3.58. The van der Waals surface area contributed by atoms with Crippen molar-refractivity contribution in [1.29, 1.82) is 0 Å². The monoisotopic (exact) mass is 312 g/mol. The number of hydrogen-bond donors (Lipinski definition) is 2. The van der Waals surface area contributed by atoms with E-state index in [9.17, 15) is 4.79 Å². The lowest BCUT2D eigenvalue weighted by atomic mass is 9.89. The molecule has 1 heterocycles. The lowest BCUT2D eigenvalue weighted by Crippen LogP contribution is -2.52. The highest BCUT2D eigenvalue weighted by Crippen LogP contribution is 2.21. The minimum absolute atomic E-state index is 0.0487. The van der Waals surface area contributed by atoms with Crippen LogP contribution in [0.5, 0.6) is 0 Å². The molecule has 6 heteroatoms. The van der Waals surface area contributed by atoms with Crippen LogP contribution in [0.1, 0.15) is 40.5 Å². The number of nitrogens with one attached hydrogen (secondary N) is 2. The van der Waals surface area contributed by atoms with Crippen LogP contribution >= 0.6 is 0 Å². The molecular weight excluding hydrogens is 280 g/mol. The number of aliphatic imine (C=N–C) groups is 1. The number of carbonyl (C=O) groups is 1. The zero-order valence-electron chi connectivity index (χ0n) is 14.9. The summed E-state index contributed by atoms with van der Waals surface area (Å²) < 4.78 is 5.55. The molecule has 2 atom stereocenters. The number of likely N-dealkylation sites (tertiary alicyclic amines) is 1. The number of rotatable bonds is 5. The maximum Gasteiger partial charge on any atom is 0.222 e. The molecule has 2 unspecified atom stereocenters. The molecule has 0 aromatic heterocycles. The third kappa shape index (κ3) is 5.83. The number of piperidine rings is 1. The van der Waals surface area contributed by atoms with Gasteiger partial charge in [-0.25, -0.2) is 0 Å². The van der Waals surface area contributed by atoms with Crippen molar-refractivity contribution in [3.8, 4) is 0 Å². The smallest absolute Gasteiger partial charge is 0.222 e. The Hall–Kier alpha value is -1.30. The molecule has 6 nitrogen and oxygen atoms in total. The first kappa shape index (κ1) is 18.7. The Kier molecular flexibility index (Phi) is 7.13. The number of ether oxygens (including phenoxy) is 1. The largest absolute Gasteiger partial charge is 0.379 e. The van der Waals surface area contributed by atoms with Gasteiger partial charge in [-0.15, -0.1) is 0 Å². The van der Waals surface area contributed by atoms with Crippen LogP contribution in [0.2, 0.25) is 0 Å². The molecule has 0 bridgehead atoms. The molecule has 1 amide bonds. The van der Waals surface area contributed by atoms with Gasteiger partial charge in [0.25, 0.3) is 0 Å². The molecule has 128 valence electrons. The molecule has 22 heavy (non-hydrogen) atoms. The molecule has 0 aromatic carbocycles. The van der Waals surface area contributed by atoms with Crippen molar-refractivity contribution in [1.82, 2.24) is 15.5 Å². The van der Waals surface area contributed by atoms with Crippen LogP contribution in [0.25, 0.3) is 0 Å². The Morgan fingerprint density at radius 3 is 2.68 bits per heavy atom. The van der Waals surface area contributed by atoms with E-state index in [2.05, 4.69) is 36.4 Å². The molecule has 2 N–H and O–H groups in total. The maximum atomic E-state index is 11.6. The third-order valence-corrected chi connectivity index (χ3v) is 3.98. The summed E-state index contributed by atoms with van der Waals surface area (Å²) in [5.74, 6) is 1.01. The Morgan fingerprint density at radius 2 is 2.18 bits per heavy atom. The predicted molar refractivity (Wildman–Crippen MR) is 90.0 cm³/mol. The van der Waals surface area contributed by atoms with Gasteiger partial charge in [0.1, 0.15) is 0 Å². The fourth-order valence-corrected chi connectivity index (χ4v) is 2.52. The maximum absolute atomic E-state index is 11.6. The van der Waals surface area contributed by atoms with Gasteiger partial charge in [-0.2, -0.15) is 0 Å². The normalized spacial score (nSPS) is 21.7. The lowest BCUT2D eigenvalue weighted by molar-refractivity contribution is -0.132. The van der Waals surface area contributed by atoms with Crippen LogP contribution < -0.4 is 10.6 Å². The van der Waals surface area contributed by atoms with Crippen LogP contribution in [-0.4, -0.2) is 62.7 Å². The Balaban J connectivity index is 2.64. The summed E-state index contributed by atoms with van der Waals surface area (Å²) in [6.07, 6.45) is 1.51. The van der Waals surface area contributed by atoms with E-state index in [1.54, 1.807) is 12.0 Å². The molecule has 1 aliphatic rings. The molecule has 1 rings (SSSR count). The second-order valence-electron chi connectivity index (χ2n) is 6.96. The molecule has 0 saturated carbocycles. The summed E-state index contributed by atoms with van der Waals surface area (Å²) in [6, 6.07) is 0.246. The van der Waals surface area contributed by atoms with E-state index in [1.807, 2.05) is 14.0 Å². The summed E-state index contributed by atoms with van der Waals surface area (Å²) in [6.45, 7) is 10.6. The molecule has 0 spiro atoms. The zero-order chi connectivity index (χ0) is 16.8. The number of nitrogens with zero attached hydrogens (tertiary/aromatic N) is 2. The number of carbonyl (C=O) groups excluding carboxylic acids is 1. The predicted octanol–water partition coefficient (Wildman–Crippen LogP) is 1.22. The quantitative estimate of drug-likeness (QED) is 0.592. The standard InChI is InChI=1S/C16H32N4O2/c1-7-17-15(18-10-13(22-6)16(2,3)4)19-12-8-9-14(21)20(5)11-12/h12-13H,7-11H2,1-6H3,(H2,17,18,19). The second-order valence-corrected chi connectivity index (χ2v) is 6.96. The highest BCUT2D eigenvalue weighted by atomic mass is 16.5. The first-order valence-corrected chi connectivity index (χ1v) is 8.09. The van der Waals surface area contributed by atoms with Crippen LogP contribution in [0, 0.1) is 5.41 Å². The summed E-state index contributed by atoms with van der Waals surface area (Å²) >= 11 is 0. The van der Waals surface area contributed by atoms with E-state index in [4.69, 9.17) is 4.74 Å². The number of hydrogen-bond acceptors (Lipinski definition) is 3. The topological polar surface area (TPSA) is 66.0 Å². The first-order chi connectivity index (χ1) is 10.3. The SMILES string of the molecule is CCNC(=NCC(OC)C(C)(C)C)NC1CCC(=O)N(C)C1. The van der Waals surface area contributed by atoms with Crippen molar-refractivity contribution in [2.75, 3.05) is 33.8 Å². The van der Waals surface area contributed by atoms with Gasteiger partial charge >= 0.3 is 0 Å². The summed E-state index contributed by atoms with van der Waals surface area (Å²) in [5.41, 5.74) is 0.0487. The molecule has 1 aliphatic heterocycles. The molecule has 1 saturated heterocycles. The number of guanidine groups is 1.